The van der Waals surface area contributed by atoms with E-state index >= 15 is 0 Å². The third-order valence-corrected chi connectivity index (χ3v) is 4.27. The molecule has 2 atom stereocenters. The first-order chi connectivity index (χ1) is 16.6. The summed E-state index contributed by atoms with van der Waals surface area (Å²) in [5.74, 6) is -0.204. The molecule has 0 aliphatic heterocycles. The van der Waals surface area contributed by atoms with Crippen molar-refractivity contribution < 1.29 is 112 Å². The number of aromatic hydroxyl groups is 4. The molecule has 0 heterocycles. The van der Waals surface area contributed by atoms with Crippen molar-refractivity contribution in [2.24, 2.45) is 0 Å². The summed E-state index contributed by atoms with van der Waals surface area (Å²) in [6.07, 6.45) is -1.51. The number of hydrogen-bond acceptors (Lipinski definition) is 10. The number of phenolic OH excluding ortho intramolecular Hbond substituents is 4. The Morgan fingerprint density at radius 2 is 0.846 bits per heavy atom. The first-order valence-corrected chi connectivity index (χ1v) is 12.6. The fraction of sp³-hybridized carbons (Fsp3) is 0.500. The number of rotatable bonds is 6. The van der Waals surface area contributed by atoms with E-state index < -0.39 is 22.6 Å². The Labute approximate surface area is 278 Å². The second kappa shape index (κ2) is 18.7. The molecule has 0 radical (unpaired) electrons. The van der Waals surface area contributed by atoms with Crippen LogP contribution in [-0.2, 0) is 10.4 Å². The summed E-state index contributed by atoms with van der Waals surface area (Å²) in [4.78, 5) is 0. The van der Waals surface area contributed by atoms with Crippen molar-refractivity contribution in [3.05, 3.63) is 47.5 Å². The van der Waals surface area contributed by atoms with Gasteiger partial charge in [-0.25, -0.2) is 0 Å². The van der Waals surface area contributed by atoms with Crippen molar-refractivity contribution in [1.82, 2.24) is 10.6 Å². The molecule has 0 fully saturated rings. The van der Waals surface area contributed by atoms with Gasteiger partial charge in [-0.2, -0.15) is 8.42 Å². The molecular weight excluding hydrogens is 583 g/mol. The molecule has 0 bridgehead atoms. The number of phenols is 4. The van der Waals surface area contributed by atoms with Crippen LogP contribution in [0.3, 0.4) is 0 Å². The number of nitrogens with one attached hydrogen (secondary N) is 2. The average molecular weight is 623 g/mol. The third kappa shape index (κ3) is 24.8. The van der Waals surface area contributed by atoms with E-state index in [0.717, 1.165) is 0 Å². The van der Waals surface area contributed by atoms with Crippen molar-refractivity contribution in [3.8, 4) is 23.0 Å². The van der Waals surface area contributed by atoms with Gasteiger partial charge in [0.25, 0.3) is 0 Å². The van der Waals surface area contributed by atoms with Crippen LogP contribution in [0.25, 0.3) is 0 Å². The Kier molecular flexibility index (Phi) is 20.4. The van der Waals surface area contributed by atoms with E-state index in [4.69, 9.17) is 17.5 Å². The Bertz CT molecular complexity index is 973. The van der Waals surface area contributed by atoms with Crippen LogP contribution in [-0.4, -0.2) is 72.3 Å². The van der Waals surface area contributed by atoms with Crippen molar-refractivity contribution in [2.45, 2.75) is 64.8 Å². The van der Waals surface area contributed by atoms with Crippen LogP contribution in [0.4, 0.5) is 0 Å². The number of aliphatic hydroxyl groups is 2. The van der Waals surface area contributed by atoms with Crippen molar-refractivity contribution in [1.29, 1.82) is 0 Å². The van der Waals surface area contributed by atoms with Crippen LogP contribution in [0.2, 0.25) is 0 Å². The predicted octanol–water partition coefficient (Wildman–Crippen LogP) is -3.61. The molecule has 0 saturated carbocycles. The number of β-amino-alcohol motifs (C(OH)–C–C–N with tert-alkyl or cyclic N) is 2. The van der Waals surface area contributed by atoms with E-state index in [2.05, 4.69) is 10.6 Å². The molecule has 2 unspecified atom stereocenters. The summed E-state index contributed by atoms with van der Waals surface area (Å²) in [5, 5.41) is 63.1. The van der Waals surface area contributed by atoms with E-state index in [1.807, 2.05) is 41.5 Å². The summed E-state index contributed by atoms with van der Waals surface area (Å²) >= 11 is 0. The fourth-order valence-electron chi connectivity index (χ4n) is 2.66. The van der Waals surface area contributed by atoms with Gasteiger partial charge in [0.05, 0.1) is 12.2 Å². The SMILES string of the molecule is CC(C)(C)NCC(O)c1cc(O)cc(O)c1.CC(C)(C)NCC(O)c1cc(O)cc(O)c1.O=S(=O)(O)O.[Cl-].[K+]. The van der Waals surface area contributed by atoms with Crippen molar-refractivity contribution in [3.63, 3.8) is 0 Å². The molecular formula is C24H40ClKN2O10S. The molecule has 0 aromatic heterocycles. The fourth-order valence-corrected chi connectivity index (χ4v) is 2.66. The summed E-state index contributed by atoms with van der Waals surface area (Å²) < 4.78 is 31.6. The first kappa shape index (κ1) is 42.7. The van der Waals surface area contributed by atoms with Gasteiger partial charge < -0.3 is 53.7 Å². The maximum Gasteiger partial charge on any atom is 1.00 e. The molecule has 0 amide bonds. The zero-order valence-electron chi connectivity index (χ0n) is 23.2. The minimum atomic E-state index is -4.67. The van der Waals surface area contributed by atoms with Gasteiger partial charge in [0.2, 0.25) is 0 Å². The summed E-state index contributed by atoms with van der Waals surface area (Å²) in [6, 6.07) is 8.22. The number of benzene rings is 2. The number of halogens is 1. The molecule has 0 aliphatic carbocycles. The van der Waals surface area contributed by atoms with Gasteiger partial charge in [0, 0.05) is 36.3 Å². The minimum Gasteiger partial charge on any atom is -1.00 e. The normalized spacial score (nSPS) is 12.8. The zero-order valence-corrected chi connectivity index (χ0v) is 27.9. The number of aliphatic hydroxyl groups excluding tert-OH is 2. The molecule has 0 spiro atoms. The Morgan fingerprint density at radius 1 is 0.641 bits per heavy atom. The summed E-state index contributed by atoms with van der Waals surface area (Å²) in [6.45, 7) is 12.7. The van der Waals surface area contributed by atoms with Crippen LogP contribution < -0.4 is 74.4 Å². The topological polar surface area (TPSA) is 220 Å². The third-order valence-electron chi connectivity index (χ3n) is 4.27. The number of hydrogen-bond donors (Lipinski definition) is 10. The molecule has 220 valence electrons. The Hall–Kier alpha value is -0.724. The standard InChI is InChI=1S/2C12H19NO3.ClH.K.H2O4S/c2*1-12(2,3)13-7-11(16)8-4-9(14)6-10(15)5-8;;;1-5(2,3)4/h2*4-6,11,13-16H,7H2,1-3H3;1H;;(H2,1,2,3,4)/q;;;+1;/p-1. The van der Waals surface area contributed by atoms with Gasteiger partial charge in [-0.1, -0.05) is 0 Å². The summed E-state index contributed by atoms with van der Waals surface area (Å²) in [5.41, 5.74) is 0.822. The molecule has 2 rings (SSSR count). The average Bonchev–Trinajstić information content (AvgIpc) is 2.67. The van der Waals surface area contributed by atoms with Gasteiger partial charge in [0.15, 0.2) is 0 Å². The Balaban J connectivity index is -0.000000543. The van der Waals surface area contributed by atoms with E-state index in [0.29, 0.717) is 24.2 Å². The van der Waals surface area contributed by atoms with E-state index in [9.17, 15) is 30.6 Å². The monoisotopic (exact) mass is 622 g/mol. The first-order valence-electron chi connectivity index (χ1n) is 11.2. The van der Waals surface area contributed by atoms with Gasteiger partial charge in [-0.3, -0.25) is 9.11 Å². The van der Waals surface area contributed by atoms with Gasteiger partial charge in [0.1, 0.15) is 23.0 Å². The molecule has 2 aromatic carbocycles. The van der Waals surface area contributed by atoms with Crippen molar-refractivity contribution in [2.75, 3.05) is 13.1 Å². The molecule has 10 N–H and O–H groups in total. The van der Waals surface area contributed by atoms with E-state index in [1.165, 1.54) is 36.4 Å². The maximum atomic E-state index is 9.85. The predicted molar refractivity (Wildman–Crippen MR) is 139 cm³/mol. The van der Waals surface area contributed by atoms with Gasteiger partial charge >= 0.3 is 61.8 Å². The zero-order chi connectivity index (χ0) is 29.2. The van der Waals surface area contributed by atoms with Crippen LogP contribution in [0.1, 0.15) is 64.9 Å². The van der Waals surface area contributed by atoms with Crippen molar-refractivity contribution >= 4 is 10.4 Å². The van der Waals surface area contributed by atoms with Crippen LogP contribution in [0.5, 0.6) is 23.0 Å². The second-order valence-electron chi connectivity index (χ2n) is 10.3. The molecule has 0 saturated heterocycles. The van der Waals surface area contributed by atoms with Gasteiger partial charge in [-0.05, 0) is 76.9 Å². The molecule has 0 aliphatic rings. The Morgan fingerprint density at radius 3 is 1.03 bits per heavy atom. The maximum absolute atomic E-state index is 9.85. The minimum absolute atomic E-state index is 0. The van der Waals surface area contributed by atoms with Crippen LogP contribution >= 0.6 is 0 Å². The quantitative estimate of drug-likeness (QED) is 0.112. The van der Waals surface area contributed by atoms with Gasteiger partial charge in [-0.15, -0.1) is 0 Å². The smallest absolute Gasteiger partial charge is 1.00 e. The molecule has 15 heteroatoms. The van der Waals surface area contributed by atoms with E-state index in [1.54, 1.807) is 0 Å². The molecule has 39 heavy (non-hydrogen) atoms. The second-order valence-corrected chi connectivity index (χ2v) is 11.2. The largest absolute Gasteiger partial charge is 1.00 e. The van der Waals surface area contributed by atoms with E-state index in [-0.39, 0.29) is 97.9 Å². The summed E-state index contributed by atoms with van der Waals surface area (Å²) in [7, 11) is -4.67. The van der Waals surface area contributed by atoms with Crippen LogP contribution in [0, 0.1) is 0 Å². The molecule has 2 aromatic rings. The molecule has 12 nitrogen and oxygen atoms in total. The van der Waals surface area contributed by atoms with Crippen LogP contribution in [0.15, 0.2) is 36.4 Å².